The SMILES string of the molecule is CCn1cc(C(=O)NCc2ccnc(-c3ccco3)c2)c(=O)c2ccc(C)nc21. The molecule has 0 atom stereocenters. The van der Waals surface area contributed by atoms with Crippen LogP contribution in [-0.2, 0) is 13.1 Å². The molecule has 0 aliphatic rings. The van der Waals surface area contributed by atoms with Crippen LogP contribution in [0.5, 0.6) is 0 Å². The van der Waals surface area contributed by atoms with Gasteiger partial charge in [-0.15, -0.1) is 0 Å². The van der Waals surface area contributed by atoms with Gasteiger partial charge in [-0.2, -0.15) is 0 Å². The van der Waals surface area contributed by atoms with E-state index in [1.54, 1.807) is 36.9 Å². The molecule has 0 spiro atoms. The fourth-order valence-electron chi connectivity index (χ4n) is 3.18. The highest BCUT2D eigenvalue weighted by Gasteiger charge is 2.16. The second kappa shape index (κ2) is 7.71. The quantitative estimate of drug-likeness (QED) is 0.566. The van der Waals surface area contributed by atoms with Gasteiger partial charge in [-0.1, -0.05) is 0 Å². The number of hydrogen-bond acceptors (Lipinski definition) is 5. The number of fused-ring (bicyclic) bond motifs is 1. The molecule has 0 radical (unpaired) electrons. The number of nitrogens with one attached hydrogen (secondary N) is 1. The minimum Gasteiger partial charge on any atom is -0.463 e. The molecule has 0 fully saturated rings. The summed E-state index contributed by atoms with van der Waals surface area (Å²) in [5.41, 5.74) is 2.73. The molecule has 4 heterocycles. The summed E-state index contributed by atoms with van der Waals surface area (Å²) in [5.74, 6) is 0.234. The van der Waals surface area contributed by atoms with Crippen LogP contribution in [0.15, 0.2) is 64.3 Å². The second-order valence-electron chi connectivity index (χ2n) is 6.69. The predicted octanol–water partition coefficient (Wildman–Crippen LogP) is 3.31. The van der Waals surface area contributed by atoms with Crippen LogP contribution in [0.3, 0.4) is 0 Å². The molecule has 7 nitrogen and oxygen atoms in total. The van der Waals surface area contributed by atoms with Crippen molar-refractivity contribution in [2.75, 3.05) is 0 Å². The number of hydrogen-bond donors (Lipinski definition) is 1. The Labute approximate surface area is 167 Å². The molecule has 0 aliphatic carbocycles. The van der Waals surface area contributed by atoms with E-state index < -0.39 is 5.91 Å². The van der Waals surface area contributed by atoms with Gasteiger partial charge in [-0.25, -0.2) is 4.98 Å². The lowest BCUT2D eigenvalue weighted by Crippen LogP contribution is -2.29. The lowest BCUT2D eigenvalue weighted by Gasteiger charge is -2.12. The highest BCUT2D eigenvalue weighted by atomic mass is 16.3. The molecular weight excluding hydrogens is 368 g/mol. The van der Waals surface area contributed by atoms with Crippen molar-refractivity contribution in [3.8, 4) is 11.5 Å². The van der Waals surface area contributed by atoms with E-state index in [2.05, 4.69) is 15.3 Å². The van der Waals surface area contributed by atoms with Crippen molar-refractivity contribution >= 4 is 16.9 Å². The van der Waals surface area contributed by atoms with Crippen LogP contribution in [0.25, 0.3) is 22.5 Å². The molecule has 4 aromatic heterocycles. The smallest absolute Gasteiger partial charge is 0.257 e. The summed E-state index contributed by atoms with van der Waals surface area (Å²) in [6, 6.07) is 10.8. The Balaban J connectivity index is 1.60. The van der Waals surface area contributed by atoms with Crippen molar-refractivity contribution in [3.05, 3.63) is 82.1 Å². The Morgan fingerprint density at radius 1 is 1.24 bits per heavy atom. The van der Waals surface area contributed by atoms with E-state index >= 15 is 0 Å². The van der Waals surface area contributed by atoms with Crippen LogP contribution in [0, 0.1) is 6.92 Å². The Kier molecular flexibility index (Phi) is 4.95. The lowest BCUT2D eigenvalue weighted by molar-refractivity contribution is 0.0949. The number of rotatable bonds is 5. The maximum Gasteiger partial charge on any atom is 0.257 e. The van der Waals surface area contributed by atoms with Crippen LogP contribution in [0.4, 0.5) is 0 Å². The molecule has 0 saturated heterocycles. The van der Waals surface area contributed by atoms with Crippen molar-refractivity contribution in [1.82, 2.24) is 19.9 Å². The van der Waals surface area contributed by atoms with E-state index in [4.69, 9.17) is 4.42 Å². The third-order valence-electron chi connectivity index (χ3n) is 4.70. The van der Waals surface area contributed by atoms with Gasteiger partial charge in [0, 0.05) is 31.2 Å². The minimum atomic E-state index is -0.420. The topological polar surface area (TPSA) is 90.0 Å². The maximum absolute atomic E-state index is 12.8. The number of furan rings is 1. The van der Waals surface area contributed by atoms with Gasteiger partial charge in [-0.3, -0.25) is 14.6 Å². The van der Waals surface area contributed by atoms with Gasteiger partial charge >= 0.3 is 0 Å². The zero-order chi connectivity index (χ0) is 20.4. The molecule has 0 aliphatic heterocycles. The normalized spacial score (nSPS) is 11.0. The Morgan fingerprint density at radius 3 is 2.86 bits per heavy atom. The van der Waals surface area contributed by atoms with Gasteiger partial charge in [0.2, 0.25) is 5.43 Å². The molecular formula is C22H20N4O3. The second-order valence-corrected chi connectivity index (χ2v) is 6.69. The molecule has 0 unspecified atom stereocenters. The molecule has 29 heavy (non-hydrogen) atoms. The third-order valence-corrected chi connectivity index (χ3v) is 4.70. The molecule has 1 N–H and O–H groups in total. The number of aromatic nitrogens is 3. The first-order valence-corrected chi connectivity index (χ1v) is 9.34. The van der Waals surface area contributed by atoms with Crippen molar-refractivity contribution in [3.63, 3.8) is 0 Å². The van der Waals surface area contributed by atoms with Crippen molar-refractivity contribution in [1.29, 1.82) is 0 Å². The van der Waals surface area contributed by atoms with Crippen LogP contribution in [0.1, 0.15) is 28.5 Å². The summed E-state index contributed by atoms with van der Waals surface area (Å²) < 4.78 is 7.18. The van der Waals surface area contributed by atoms with Gasteiger partial charge in [0.25, 0.3) is 5.91 Å². The van der Waals surface area contributed by atoms with E-state index in [9.17, 15) is 9.59 Å². The summed E-state index contributed by atoms with van der Waals surface area (Å²) in [4.78, 5) is 34.3. The standard InChI is InChI=1S/C22H20N4O3/c1-3-26-13-17(20(27)16-7-6-14(2)25-21(16)26)22(28)24-12-15-8-9-23-18(11-15)19-5-4-10-29-19/h4-11,13H,3,12H2,1-2H3,(H,24,28). The van der Waals surface area contributed by atoms with Gasteiger partial charge < -0.3 is 14.3 Å². The Hall–Kier alpha value is -3.74. The highest BCUT2D eigenvalue weighted by molar-refractivity contribution is 5.96. The summed E-state index contributed by atoms with van der Waals surface area (Å²) in [7, 11) is 0. The lowest BCUT2D eigenvalue weighted by atomic mass is 10.1. The van der Waals surface area contributed by atoms with Crippen molar-refractivity contribution in [2.45, 2.75) is 26.9 Å². The molecule has 0 bridgehead atoms. The predicted molar refractivity (Wildman–Crippen MR) is 110 cm³/mol. The van der Waals surface area contributed by atoms with E-state index in [-0.39, 0.29) is 17.5 Å². The van der Waals surface area contributed by atoms with E-state index in [1.807, 2.05) is 36.6 Å². The highest BCUT2D eigenvalue weighted by Crippen LogP contribution is 2.18. The van der Waals surface area contributed by atoms with Gasteiger partial charge in [-0.05, 0) is 55.8 Å². The average molecular weight is 388 g/mol. The van der Waals surface area contributed by atoms with Gasteiger partial charge in [0.1, 0.15) is 16.9 Å². The van der Waals surface area contributed by atoms with E-state index in [1.165, 1.54) is 0 Å². The number of amides is 1. The number of nitrogens with zero attached hydrogens (tertiary/aromatic N) is 3. The maximum atomic E-state index is 12.8. The zero-order valence-corrected chi connectivity index (χ0v) is 16.2. The van der Waals surface area contributed by atoms with Crippen molar-refractivity contribution < 1.29 is 9.21 Å². The summed E-state index contributed by atoms with van der Waals surface area (Å²) >= 11 is 0. The summed E-state index contributed by atoms with van der Waals surface area (Å²) in [6.45, 7) is 4.69. The number of pyridine rings is 3. The first-order valence-electron chi connectivity index (χ1n) is 9.34. The minimum absolute atomic E-state index is 0.102. The fourth-order valence-corrected chi connectivity index (χ4v) is 3.18. The summed E-state index contributed by atoms with van der Waals surface area (Å²) in [5, 5.41) is 3.26. The Bertz CT molecular complexity index is 1240. The summed E-state index contributed by atoms with van der Waals surface area (Å²) in [6.07, 6.45) is 4.82. The largest absolute Gasteiger partial charge is 0.463 e. The Morgan fingerprint density at radius 2 is 2.10 bits per heavy atom. The first-order chi connectivity index (χ1) is 14.1. The third kappa shape index (κ3) is 3.67. The van der Waals surface area contributed by atoms with E-state index in [0.29, 0.717) is 29.0 Å². The van der Waals surface area contributed by atoms with Crippen LogP contribution in [0.2, 0.25) is 0 Å². The molecule has 4 aromatic rings. The molecule has 0 aromatic carbocycles. The van der Waals surface area contributed by atoms with Crippen LogP contribution < -0.4 is 10.7 Å². The van der Waals surface area contributed by atoms with Gasteiger partial charge in [0.15, 0.2) is 5.76 Å². The fraction of sp³-hybridized carbons (Fsp3) is 0.182. The molecule has 146 valence electrons. The monoisotopic (exact) mass is 388 g/mol. The van der Waals surface area contributed by atoms with E-state index in [0.717, 1.165) is 11.3 Å². The molecule has 4 rings (SSSR count). The van der Waals surface area contributed by atoms with Crippen LogP contribution in [-0.4, -0.2) is 20.4 Å². The van der Waals surface area contributed by atoms with Gasteiger partial charge in [0.05, 0.1) is 11.6 Å². The number of carbonyl (C=O) groups excluding carboxylic acids is 1. The molecule has 7 heteroatoms. The van der Waals surface area contributed by atoms with Crippen LogP contribution >= 0.6 is 0 Å². The molecule has 1 amide bonds. The molecule has 0 saturated carbocycles. The number of aryl methyl sites for hydroxylation is 2. The average Bonchev–Trinajstić information content (AvgIpc) is 3.27. The first kappa shape index (κ1) is 18.6. The zero-order valence-electron chi connectivity index (χ0n) is 16.2. The van der Waals surface area contributed by atoms with Crippen molar-refractivity contribution in [2.24, 2.45) is 0 Å². The number of carbonyl (C=O) groups is 1.